The fraction of sp³-hybridized carbons (Fsp3) is 0.190. The molecule has 4 rings (SSSR count). The number of ether oxygens (including phenoxy) is 1. The Morgan fingerprint density at radius 3 is 2.83 bits per heavy atom. The van der Waals surface area contributed by atoms with Gasteiger partial charge in [-0.05, 0) is 37.3 Å². The third-order valence-electron chi connectivity index (χ3n) is 4.44. The van der Waals surface area contributed by atoms with Crippen molar-refractivity contribution in [2.75, 3.05) is 7.11 Å². The summed E-state index contributed by atoms with van der Waals surface area (Å²) in [5.74, 6) is 1.43. The van der Waals surface area contributed by atoms with Crippen LogP contribution >= 0.6 is 39.0 Å². The Kier molecular flexibility index (Phi) is 6.03. The Morgan fingerprint density at radius 2 is 2.03 bits per heavy atom. The summed E-state index contributed by atoms with van der Waals surface area (Å²) in [5.41, 5.74) is 2.63. The lowest BCUT2D eigenvalue weighted by Crippen LogP contribution is -2.22. The monoisotopic (exact) mass is 487 g/mol. The summed E-state index contributed by atoms with van der Waals surface area (Å²) in [6.45, 7) is 2.54. The highest BCUT2D eigenvalue weighted by Gasteiger charge is 2.14. The molecule has 0 unspecified atom stereocenters. The van der Waals surface area contributed by atoms with E-state index in [1.165, 1.54) is 11.8 Å². The molecule has 8 heteroatoms. The maximum atomic E-state index is 12.8. The van der Waals surface area contributed by atoms with Crippen LogP contribution in [-0.2, 0) is 12.3 Å². The molecule has 29 heavy (non-hydrogen) atoms. The second-order valence-corrected chi connectivity index (χ2v) is 8.95. The lowest BCUT2D eigenvalue weighted by molar-refractivity contribution is 0.416. The van der Waals surface area contributed by atoms with Crippen molar-refractivity contribution in [3.05, 3.63) is 68.4 Å². The van der Waals surface area contributed by atoms with Gasteiger partial charge < -0.3 is 4.74 Å². The van der Waals surface area contributed by atoms with Crippen molar-refractivity contribution in [1.82, 2.24) is 14.5 Å². The number of hydrogen-bond donors (Lipinski definition) is 0. The number of aromatic nitrogens is 3. The molecule has 2 heterocycles. The first kappa shape index (κ1) is 20.1. The number of nitrogens with zero attached hydrogens (tertiary/aromatic N) is 3. The van der Waals surface area contributed by atoms with E-state index in [1.807, 2.05) is 54.8 Å². The molecule has 148 valence electrons. The summed E-state index contributed by atoms with van der Waals surface area (Å²) < 4.78 is 8.17. The van der Waals surface area contributed by atoms with Gasteiger partial charge in [0.15, 0.2) is 5.16 Å². The van der Waals surface area contributed by atoms with Crippen LogP contribution in [0.25, 0.3) is 21.5 Å². The van der Waals surface area contributed by atoms with Crippen LogP contribution in [0.2, 0.25) is 0 Å². The second kappa shape index (κ2) is 8.69. The molecule has 0 aliphatic heterocycles. The van der Waals surface area contributed by atoms with E-state index in [-0.39, 0.29) is 5.56 Å². The van der Waals surface area contributed by atoms with Gasteiger partial charge in [-0.1, -0.05) is 39.8 Å². The molecule has 0 aliphatic rings. The third-order valence-corrected chi connectivity index (χ3v) is 6.86. The summed E-state index contributed by atoms with van der Waals surface area (Å²) in [4.78, 5) is 22.2. The Hall–Kier alpha value is -2.16. The Labute approximate surface area is 184 Å². The minimum atomic E-state index is -0.00145. The van der Waals surface area contributed by atoms with E-state index in [2.05, 4.69) is 15.9 Å². The van der Waals surface area contributed by atoms with Gasteiger partial charge in [0.1, 0.15) is 10.8 Å². The summed E-state index contributed by atoms with van der Waals surface area (Å²) in [6, 6.07) is 13.3. The molecular formula is C21H18BrN3O2S2. The van der Waals surface area contributed by atoms with E-state index in [0.717, 1.165) is 32.0 Å². The Bertz CT molecular complexity index is 1240. The summed E-state index contributed by atoms with van der Waals surface area (Å²) in [5, 5.41) is 4.30. The molecule has 0 aliphatic carbocycles. The van der Waals surface area contributed by atoms with Gasteiger partial charge in [0.25, 0.3) is 5.56 Å². The maximum Gasteiger partial charge on any atom is 0.262 e. The quantitative estimate of drug-likeness (QED) is 0.261. The van der Waals surface area contributed by atoms with Gasteiger partial charge in [-0.15, -0.1) is 11.3 Å². The van der Waals surface area contributed by atoms with E-state index in [0.29, 0.717) is 22.8 Å². The predicted octanol–water partition coefficient (Wildman–Crippen LogP) is 5.60. The zero-order valence-corrected chi connectivity index (χ0v) is 19.1. The van der Waals surface area contributed by atoms with Crippen LogP contribution in [0.5, 0.6) is 5.75 Å². The smallest absolute Gasteiger partial charge is 0.262 e. The first-order valence-corrected chi connectivity index (χ1v) is 11.7. The van der Waals surface area contributed by atoms with Gasteiger partial charge >= 0.3 is 0 Å². The van der Waals surface area contributed by atoms with Crippen LogP contribution in [0.3, 0.4) is 0 Å². The minimum absolute atomic E-state index is 0.00145. The van der Waals surface area contributed by atoms with Crippen LogP contribution in [0.4, 0.5) is 0 Å². The molecule has 0 amide bonds. The Balaban J connectivity index is 1.61. The number of para-hydroxylation sites is 1. The van der Waals surface area contributed by atoms with Crippen molar-refractivity contribution in [2.24, 2.45) is 0 Å². The molecule has 5 nitrogen and oxygen atoms in total. The van der Waals surface area contributed by atoms with Crippen LogP contribution in [0.15, 0.2) is 62.3 Å². The highest BCUT2D eigenvalue weighted by atomic mass is 79.9. The topological polar surface area (TPSA) is 57.0 Å². The minimum Gasteiger partial charge on any atom is -0.496 e. The fourth-order valence-electron chi connectivity index (χ4n) is 3.02. The second-order valence-electron chi connectivity index (χ2n) is 6.24. The van der Waals surface area contributed by atoms with E-state index in [9.17, 15) is 4.79 Å². The third kappa shape index (κ3) is 4.10. The van der Waals surface area contributed by atoms with Gasteiger partial charge in [-0.2, -0.15) is 0 Å². The lowest BCUT2D eigenvalue weighted by Gasteiger charge is -2.10. The van der Waals surface area contributed by atoms with E-state index in [4.69, 9.17) is 14.7 Å². The van der Waals surface area contributed by atoms with Crippen molar-refractivity contribution in [3.63, 3.8) is 0 Å². The molecule has 0 fully saturated rings. The number of rotatable bonds is 6. The molecule has 0 N–H and O–H groups in total. The number of hydrogen-bond acceptors (Lipinski definition) is 6. The SMILES string of the molecule is CCn1c(SCc2csc(-c3cc(Br)ccc3OC)n2)nc2ccccc2c1=O. The molecule has 4 aromatic rings. The highest BCUT2D eigenvalue weighted by Crippen LogP contribution is 2.35. The van der Waals surface area contributed by atoms with Crippen molar-refractivity contribution < 1.29 is 4.74 Å². The van der Waals surface area contributed by atoms with Gasteiger partial charge in [0.05, 0.1) is 29.3 Å². The molecule has 0 saturated heterocycles. The Morgan fingerprint density at radius 1 is 1.21 bits per heavy atom. The first-order valence-electron chi connectivity index (χ1n) is 9.01. The number of benzene rings is 2. The van der Waals surface area contributed by atoms with E-state index >= 15 is 0 Å². The standard InChI is InChI=1S/C21H18BrN3O2S2/c1-3-25-20(26)15-6-4-5-7-17(15)24-21(25)29-12-14-11-28-19(23-14)16-10-13(22)8-9-18(16)27-2/h4-11H,3,12H2,1-2H3. The van der Waals surface area contributed by atoms with Crippen molar-refractivity contribution in [3.8, 4) is 16.3 Å². The number of methoxy groups -OCH3 is 1. The number of thioether (sulfide) groups is 1. The molecule has 0 spiro atoms. The van der Waals surface area contributed by atoms with Crippen LogP contribution in [0, 0.1) is 0 Å². The van der Waals surface area contributed by atoms with E-state index in [1.54, 1.807) is 23.0 Å². The molecule has 0 radical (unpaired) electrons. The van der Waals surface area contributed by atoms with Crippen molar-refractivity contribution in [2.45, 2.75) is 24.4 Å². The number of halogens is 1. The molecule has 2 aromatic carbocycles. The van der Waals surface area contributed by atoms with Gasteiger partial charge in [0, 0.05) is 22.2 Å². The van der Waals surface area contributed by atoms with Crippen molar-refractivity contribution >= 4 is 49.9 Å². The molecule has 0 saturated carbocycles. The number of fused-ring (bicyclic) bond motifs is 1. The zero-order chi connectivity index (χ0) is 20.4. The normalized spacial score (nSPS) is 11.1. The average molecular weight is 488 g/mol. The zero-order valence-electron chi connectivity index (χ0n) is 15.9. The van der Waals surface area contributed by atoms with E-state index < -0.39 is 0 Å². The molecule has 0 atom stereocenters. The maximum absolute atomic E-state index is 12.8. The molecular weight excluding hydrogens is 470 g/mol. The summed E-state index contributed by atoms with van der Waals surface area (Å²) >= 11 is 6.62. The number of thiazole rings is 1. The van der Waals surface area contributed by atoms with Gasteiger partial charge in [-0.25, -0.2) is 9.97 Å². The largest absolute Gasteiger partial charge is 0.496 e. The molecule has 0 bridgehead atoms. The fourth-order valence-corrected chi connectivity index (χ4v) is 5.28. The lowest BCUT2D eigenvalue weighted by atomic mass is 10.2. The average Bonchev–Trinajstić information content (AvgIpc) is 3.21. The summed E-state index contributed by atoms with van der Waals surface area (Å²) in [7, 11) is 1.66. The first-order chi connectivity index (χ1) is 14.1. The van der Waals surface area contributed by atoms with Gasteiger partial charge in [-0.3, -0.25) is 9.36 Å². The predicted molar refractivity (Wildman–Crippen MR) is 123 cm³/mol. The molecule has 2 aromatic heterocycles. The van der Waals surface area contributed by atoms with Crippen LogP contribution in [0.1, 0.15) is 12.6 Å². The summed E-state index contributed by atoms with van der Waals surface area (Å²) in [6.07, 6.45) is 0. The van der Waals surface area contributed by atoms with Crippen molar-refractivity contribution in [1.29, 1.82) is 0 Å². The highest BCUT2D eigenvalue weighted by molar-refractivity contribution is 9.10. The van der Waals surface area contributed by atoms with Crippen LogP contribution in [-0.4, -0.2) is 21.6 Å². The van der Waals surface area contributed by atoms with Gasteiger partial charge in [0.2, 0.25) is 0 Å². The van der Waals surface area contributed by atoms with Crippen LogP contribution < -0.4 is 10.3 Å².